The highest BCUT2D eigenvalue weighted by atomic mass is 35.5. The SMILES string of the molecule is CCC(CC)NC(=O)CSc1nnc(-c2cccc(OC)c2)n1-c1ccc(Cl)cc1. The monoisotopic (exact) mass is 444 g/mol. The molecule has 158 valence electrons. The number of benzene rings is 2. The Morgan fingerprint density at radius 1 is 1.17 bits per heavy atom. The van der Waals surface area contributed by atoms with Crippen molar-refractivity contribution in [2.45, 2.75) is 37.9 Å². The molecule has 0 unspecified atom stereocenters. The molecule has 0 radical (unpaired) electrons. The summed E-state index contributed by atoms with van der Waals surface area (Å²) in [5.74, 6) is 1.65. The van der Waals surface area contributed by atoms with E-state index in [1.165, 1.54) is 11.8 Å². The lowest BCUT2D eigenvalue weighted by Crippen LogP contribution is -2.35. The zero-order valence-corrected chi connectivity index (χ0v) is 18.8. The molecule has 3 aromatic rings. The minimum Gasteiger partial charge on any atom is -0.497 e. The largest absolute Gasteiger partial charge is 0.497 e. The fourth-order valence-electron chi connectivity index (χ4n) is 3.03. The van der Waals surface area contributed by atoms with Crippen LogP contribution in [-0.4, -0.2) is 39.6 Å². The summed E-state index contributed by atoms with van der Waals surface area (Å²) in [5, 5.41) is 13.1. The Morgan fingerprint density at radius 3 is 2.57 bits per heavy atom. The molecule has 0 saturated carbocycles. The molecule has 6 nitrogen and oxygen atoms in total. The molecule has 2 aromatic carbocycles. The number of amides is 1. The molecule has 1 aromatic heterocycles. The summed E-state index contributed by atoms with van der Waals surface area (Å²) in [6.45, 7) is 4.14. The third-order valence-corrected chi connectivity index (χ3v) is 5.91. The Kier molecular flexibility index (Phi) is 7.76. The second-order valence-corrected chi connectivity index (χ2v) is 8.10. The van der Waals surface area contributed by atoms with E-state index in [2.05, 4.69) is 29.4 Å². The number of methoxy groups -OCH3 is 1. The van der Waals surface area contributed by atoms with Gasteiger partial charge in [-0.2, -0.15) is 0 Å². The first-order valence-corrected chi connectivity index (χ1v) is 11.2. The molecular formula is C22H25ClN4O2S. The standard InChI is InChI=1S/C22H25ClN4O2S/c1-4-17(5-2)24-20(28)14-30-22-26-25-21(15-7-6-8-19(13-15)29-3)27(22)18-11-9-16(23)10-12-18/h6-13,17H,4-5,14H2,1-3H3,(H,24,28). The van der Waals surface area contributed by atoms with E-state index in [1.54, 1.807) is 7.11 Å². The Balaban J connectivity index is 1.92. The second-order valence-electron chi connectivity index (χ2n) is 6.72. The van der Waals surface area contributed by atoms with Crippen molar-refractivity contribution in [3.63, 3.8) is 0 Å². The Hall–Kier alpha value is -2.51. The number of carbonyl (C=O) groups excluding carboxylic acids is 1. The Morgan fingerprint density at radius 2 is 1.90 bits per heavy atom. The van der Waals surface area contributed by atoms with Crippen LogP contribution in [0.25, 0.3) is 17.1 Å². The van der Waals surface area contributed by atoms with Crippen LogP contribution in [0.3, 0.4) is 0 Å². The Bertz CT molecular complexity index is 987. The molecule has 1 N–H and O–H groups in total. The first-order chi connectivity index (χ1) is 14.5. The molecule has 0 aliphatic heterocycles. The average molecular weight is 445 g/mol. The molecule has 0 saturated heterocycles. The van der Waals surface area contributed by atoms with Gasteiger partial charge < -0.3 is 10.1 Å². The van der Waals surface area contributed by atoms with Gasteiger partial charge in [0.05, 0.1) is 12.9 Å². The number of hydrogen-bond acceptors (Lipinski definition) is 5. The fourth-order valence-corrected chi connectivity index (χ4v) is 3.92. The van der Waals surface area contributed by atoms with Gasteiger partial charge in [-0.3, -0.25) is 9.36 Å². The van der Waals surface area contributed by atoms with Crippen molar-refractivity contribution in [2.75, 3.05) is 12.9 Å². The third-order valence-electron chi connectivity index (χ3n) is 4.73. The summed E-state index contributed by atoms with van der Waals surface area (Å²) in [4.78, 5) is 12.4. The van der Waals surface area contributed by atoms with E-state index >= 15 is 0 Å². The van der Waals surface area contributed by atoms with Crippen molar-refractivity contribution in [1.82, 2.24) is 20.1 Å². The molecule has 8 heteroatoms. The number of ether oxygens (including phenoxy) is 1. The van der Waals surface area contributed by atoms with Gasteiger partial charge in [0.25, 0.3) is 0 Å². The van der Waals surface area contributed by atoms with Gasteiger partial charge in [-0.1, -0.05) is 49.3 Å². The van der Waals surface area contributed by atoms with Crippen LogP contribution >= 0.6 is 23.4 Å². The van der Waals surface area contributed by atoms with Crippen molar-refractivity contribution in [2.24, 2.45) is 0 Å². The molecule has 0 aliphatic rings. The molecule has 0 bridgehead atoms. The number of nitrogens with one attached hydrogen (secondary N) is 1. The predicted octanol–water partition coefficient (Wildman–Crippen LogP) is 4.99. The Labute approximate surface area is 186 Å². The molecule has 0 fully saturated rings. The van der Waals surface area contributed by atoms with E-state index in [4.69, 9.17) is 16.3 Å². The van der Waals surface area contributed by atoms with Gasteiger partial charge in [0.1, 0.15) is 5.75 Å². The van der Waals surface area contributed by atoms with Gasteiger partial charge in [-0.25, -0.2) is 0 Å². The highest BCUT2D eigenvalue weighted by molar-refractivity contribution is 7.99. The van der Waals surface area contributed by atoms with E-state index < -0.39 is 0 Å². The normalized spacial score (nSPS) is 11.0. The van der Waals surface area contributed by atoms with Crippen molar-refractivity contribution in [3.05, 3.63) is 53.6 Å². The highest BCUT2D eigenvalue weighted by Crippen LogP contribution is 2.30. The smallest absolute Gasteiger partial charge is 0.230 e. The van der Waals surface area contributed by atoms with E-state index in [9.17, 15) is 4.79 Å². The zero-order chi connectivity index (χ0) is 21.5. The highest BCUT2D eigenvalue weighted by Gasteiger charge is 2.18. The predicted molar refractivity (Wildman–Crippen MR) is 122 cm³/mol. The molecule has 30 heavy (non-hydrogen) atoms. The number of aromatic nitrogens is 3. The van der Waals surface area contributed by atoms with Gasteiger partial charge in [-0.15, -0.1) is 10.2 Å². The topological polar surface area (TPSA) is 69.0 Å². The summed E-state index contributed by atoms with van der Waals surface area (Å²) >= 11 is 7.43. The quantitative estimate of drug-likeness (QED) is 0.470. The molecule has 1 amide bonds. The second kappa shape index (κ2) is 10.5. The summed E-state index contributed by atoms with van der Waals surface area (Å²) in [6.07, 6.45) is 1.82. The van der Waals surface area contributed by atoms with Crippen LogP contribution in [0.5, 0.6) is 5.75 Å². The lowest BCUT2D eigenvalue weighted by atomic mass is 10.2. The number of carbonyl (C=O) groups is 1. The number of rotatable bonds is 9. The summed E-state index contributed by atoms with van der Waals surface area (Å²) in [7, 11) is 1.63. The summed E-state index contributed by atoms with van der Waals surface area (Å²) in [6, 6.07) is 15.3. The van der Waals surface area contributed by atoms with Crippen LogP contribution in [0.2, 0.25) is 5.02 Å². The lowest BCUT2D eigenvalue weighted by Gasteiger charge is -2.14. The third kappa shape index (κ3) is 5.34. The maximum absolute atomic E-state index is 12.4. The minimum atomic E-state index is -0.0118. The zero-order valence-electron chi connectivity index (χ0n) is 17.3. The number of hydrogen-bond donors (Lipinski definition) is 1. The maximum atomic E-state index is 12.4. The van der Waals surface area contributed by atoms with Gasteiger partial charge in [-0.05, 0) is 49.2 Å². The number of nitrogens with zero attached hydrogens (tertiary/aromatic N) is 3. The number of halogens is 1. The van der Waals surface area contributed by atoms with E-state index in [1.807, 2.05) is 53.1 Å². The summed E-state index contributed by atoms with van der Waals surface area (Å²) < 4.78 is 7.28. The van der Waals surface area contributed by atoms with Crippen LogP contribution in [0.1, 0.15) is 26.7 Å². The summed E-state index contributed by atoms with van der Waals surface area (Å²) in [5.41, 5.74) is 1.73. The molecule has 0 aliphatic carbocycles. The average Bonchev–Trinajstić information content (AvgIpc) is 3.20. The molecule has 1 heterocycles. The van der Waals surface area contributed by atoms with E-state index in [-0.39, 0.29) is 17.7 Å². The van der Waals surface area contributed by atoms with Gasteiger partial charge in [0.15, 0.2) is 11.0 Å². The van der Waals surface area contributed by atoms with Gasteiger partial charge in [0.2, 0.25) is 5.91 Å². The van der Waals surface area contributed by atoms with Crippen molar-refractivity contribution < 1.29 is 9.53 Å². The van der Waals surface area contributed by atoms with Gasteiger partial charge in [0, 0.05) is 22.3 Å². The van der Waals surface area contributed by atoms with Crippen LogP contribution in [0.4, 0.5) is 0 Å². The minimum absolute atomic E-state index is 0.0118. The maximum Gasteiger partial charge on any atom is 0.230 e. The van der Waals surface area contributed by atoms with Crippen molar-refractivity contribution >= 4 is 29.3 Å². The molecule has 3 rings (SSSR count). The van der Waals surface area contributed by atoms with Crippen LogP contribution in [-0.2, 0) is 4.79 Å². The van der Waals surface area contributed by atoms with Crippen LogP contribution in [0, 0.1) is 0 Å². The van der Waals surface area contributed by atoms with Gasteiger partial charge >= 0.3 is 0 Å². The first kappa shape index (κ1) is 22.2. The van der Waals surface area contributed by atoms with Crippen molar-refractivity contribution in [1.29, 1.82) is 0 Å². The molecule has 0 atom stereocenters. The first-order valence-electron chi connectivity index (χ1n) is 9.83. The van der Waals surface area contributed by atoms with E-state index in [0.717, 1.165) is 29.8 Å². The van der Waals surface area contributed by atoms with Crippen LogP contribution < -0.4 is 10.1 Å². The number of thioether (sulfide) groups is 1. The van der Waals surface area contributed by atoms with Crippen molar-refractivity contribution in [3.8, 4) is 22.8 Å². The van der Waals surface area contributed by atoms with Crippen LogP contribution in [0.15, 0.2) is 53.7 Å². The van der Waals surface area contributed by atoms with E-state index in [0.29, 0.717) is 16.0 Å². The fraction of sp³-hybridized carbons (Fsp3) is 0.318. The molecular weight excluding hydrogens is 420 g/mol. The lowest BCUT2D eigenvalue weighted by molar-refractivity contribution is -0.119. The molecule has 0 spiro atoms.